The number of fused-ring (bicyclic) bond motifs is 4. The zero-order chi connectivity index (χ0) is 59.2. The van der Waals surface area contributed by atoms with Gasteiger partial charge in [0.15, 0.2) is 31.8 Å². The summed E-state index contributed by atoms with van der Waals surface area (Å²) in [6, 6.07) is 12.0. The van der Waals surface area contributed by atoms with Gasteiger partial charge in [0.25, 0.3) is 11.8 Å². The van der Waals surface area contributed by atoms with Crippen LogP contribution in [0, 0.1) is 12.8 Å². The number of rotatable bonds is 22. The summed E-state index contributed by atoms with van der Waals surface area (Å²) in [4.78, 5) is 88.6. The van der Waals surface area contributed by atoms with Crippen LogP contribution < -0.4 is 34.6 Å². The molecule has 19 heteroatoms. The predicted octanol–water partition coefficient (Wildman–Crippen LogP) is 11.1. The number of hydrogen-bond donors (Lipinski definition) is 2. The molecule has 1 unspecified atom stereocenters. The van der Waals surface area contributed by atoms with Gasteiger partial charge < -0.3 is 48.5 Å². The molecule has 4 aliphatic heterocycles. The van der Waals surface area contributed by atoms with Gasteiger partial charge in [-0.05, 0) is 127 Å². The minimum Gasteiger partial charge on any atom is -0.493 e. The fraction of sp³-hybridized carbons (Fsp3) is 0.516. The number of nitrogens with zero attached hydrogens (tertiary/aromatic N) is 4. The first-order chi connectivity index (χ1) is 38.3. The van der Waals surface area contributed by atoms with Gasteiger partial charge in [-0.25, -0.2) is 14.5 Å². The fourth-order valence-electron chi connectivity index (χ4n) is 10.4. The van der Waals surface area contributed by atoms with Gasteiger partial charge in [0.2, 0.25) is 5.91 Å². The lowest BCUT2D eigenvalue weighted by Crippen LogP contribution is -2.57. The summed E-state index contributed by atoms with van der Waals surface area (Å²) < 4.78 is 37.4. The Morgan fingerprint density at radius 1 is 0.765 bits per heavy atom. The van der Waals surface area contributed by atoms with Crippen molar-refractivity contribution < 1.29 is 56.9 Å². The number of aryl methyl sites for hydroxylation is 1. The van der Waals surface area contributed by atoms with E-state index in [1.54, 1.807) is 45.9 Å². The number of unbranched alkanes of at least 4 members (excludes halogenated alkanes) is 2. The van der Waals surface area contributed by atoms with E-state index in [-0.39, 0.29) is 59.3 Å². The standard InChI is InChI=1S/C62H84N6O12Si/c1-16-24-78-61(74)68-50-31-52(40(6)29-46(50)57(71)66-35-39(5)28-51(66)59(68)80-81(14,15)62(10,11)12)76-25-18-17-19-26-77-54-32-49-47(30-53(54)75-13)58(72)65-34-38(4)27-48(65)42(8)67(49)60(73)79-36-45-22-20-44(21-23-45)33-63-41(7)56(70)64-55(37(2)3)43(9)69/h16,20-23,29-32,34-35,37,41-42,48,51,55,59,63H,1,17-19,24-28,33,36H2,2-15H3,(H,64,70)/t41?,42-,48-,51-,55-,59-/m0/s1. The molecule has 0 aromatic heterocycles. The minimum atomic E-state index is -2.53. The van der Waals surface area contributed by atoms with Crippen LogP contribution in [0.4, 0.5) is 21.0 Å². The Kier molecular flexibility index (Phi) is 19.7. The third-order valence-corrected chi connectivity index (χ3v) is 20.5. The van der Waals surface area contributed by atoms with Crippen molar-refractivity contribution in [2.75, 3.05) is 36.7 Å². The number of anilines is 2. The number of carbonyl (C=O) groups excluding carboxylic acids is 6. The quantitative estimate of drug-likeness (QED) is 0.0548. The molecule has 6 atom stereocenters. The number of amides is 5. The molecule has 0 bridgehead atoms. The molecule has 438 valence electrons. The van der Waals surface area contributed by atoms with Crippen LogP contribution in [0.15, 0.2) is 84.7 Å². The van der Waals surface area contributed by atoms with Crippen LogP contribution in [0.5, 0.6) is 17.2 Å². The van der Waals surface area contributed by atoms with E-state index < -0.39 is 50.9 Å². The predicted molar refractivity (Wildman–Crippen MR) is 314 cm³/mol. The molecule has 0 saturated heterocycles. The maximum Gasteiger partial charge on any atom is 0.416 e. The molecule has 0 spiro atoms. The van der Waals surface area contributed by atoms with Crippen LogP contribution in [0.2, 0.25) is 18.1 Å². The van der Waals surface area contributed by atoms with E-state index in [1.807, 2.05) is 78.2 Å². The zero-order valence-corrected chi connectivity index (χ0v) is 50.9. The zero-order valence-electron chi connectivity index (χ0n) is 49.9. The van der Waals surface area contributed by atoms with Crippen LogP contribution in [0.25, 0.3) is 0 Å². The molecule has 0 fully saturated rings. The summed E-state index contributed by atoms with van der Waals surface area (Å²) in [7, 11) is -1.03. The van der Waals surface area contributed by atoms with Crippen molar-refractivity contribution >= 4 is 55.4 Å². The average Bonchev–Trinajstić information content (AvgIpc) is 4.20. The second-order valence-corrected chi connectivity index (χ2v) is 28.5. The van der Waals surface area contributed by atoms with E-state index in [4.69, 9.17) is 28.1 Å². The summed E-state index contributed by atoms with van der Waals surface area (Å²) in [6.45, 7) is 30.1. The van der Waals surface area contributed by atoms with Gasteiger partial charge in [0.05, 0.1) is 73.0 Å². The largest absolute Gasteiger partial charge is 0.493 e. The Bertz CT molecular complexity index is 2930. The molecule has 5 amide bonds. The molecule has 2 N–H and O–H groups in total. The van der Waals surface area contributed by atoms with E-state index in [9.17, 15) is 28.8 Å². The van der Waals surface area contributed by atoms with E-state index in [1.165, 1.54) is 25.0 Å². The molecule has 3 aromatic carbocycles. The summed E-state index contributed by atoms with van der Waals surface area (Å²) in [5.41, 5.74) is 5.74. The number of hydrogen-bond acceptors (Lipinski definition) is 13. The molecule has 3 aromatic rings. The highest BCUT2D eigenvalue weighted by Gasteiger charge is 2.51. The van der Waals surface area contributed by atoms with Gasteiger partial charge in [0.1, 0.15) is 19.0 Å². The number of nitrogens with one attached hydrogen (secondary N) is 2. The second-order valence-electron chi connectivity index (χ2n) is 23.8. The lowest BCUT2D eigenvalue weighted by Gasteiger charge is -2.44. The van der Waals surface area contributed by atoms with Crippen LogP contribution in [-0.2, 0) is 36.6 Å². The Balaban J connectivity index is 1.01. The number of benzene rings is 3. The Morgan fingerprint density at radius 3 is 1.91 bits per heavy atom. The number of ketones is 1. The highest BCUT2D eigenvalue weighted by molar-refractivity contribution is 6.74. The molecular weight excluding hydrogens is 1050 g/mol. The maximum atomic E-state index is 14.4. The van der Waals surface area contributed by atoms with Gasteiger partial charge in [-0.15, -0.1) is 0 Å². The Morgan fingerprint density at radius 2 is 1.32 bits per heavy atom. The van der Waals surface area contributed by atoms with Crippen LogP contribution in [0.1, 0.15) is 139 Å². The molecule has 4 aliphatic rings. The Labute approximate surface area is 479 Å². The lowest BCUT2D eigenvalue weighted by atomic mass is 10.0. The molecular formula is C62H84N6O12Si. The number of ether oxygens (including phenoxy) is 5. The Hall–Kier alpha value is -6.96. The van der Waals surface area contributed by atoms with Crippen LogP contribution >= 0.6 is 0 Å². The summed E-state index contributed by atoms with van der Waals surface area (Å²) in [5, 5.41) is 5.85. The van der Waals surface area contributed by atoms with E-state index in [0.29, 0.717) is 86.0 Å². The highest BCUT2D eigenvalue weighted by Crippen LogP contribution is 2.46. The van der Waals surface area contributed by atoms with Crippen LogP contribution in [0.3, 0.4) is 0 Å². The number of methoxy groups -OCH3 is 1. The van der Waals surface area contributed by atoms with E-state index >= 15 is 0 Å². The molecule has 0 saturated carbocycles. The first-order valence-electron chi connectivity index (χ1n) is 28.2. The van der Waals surface area contributed by atoms with Gasteiger partial charge in [-0.3, -0.25) is 24.1 Å². The molecule has 0 radical (unpaired) electrons. The van der Waals surface area contributed by atoms with Crippen molar-refractivity contribution in [2.24, 2.45) is 5.92 Å². The molecule has 7 rings (SSSR count). The van der Waals surface area contributed by atoms with Gasteiger partial charge in [0, 0.05) is 31.1 Å². The number of Topliss-reactive ketones (excluding diaryl/α,β-unsaturated/α-hetero) is 1. The number of carbonyl (C=O) groups is 6. The van der Waals surface area contributed by atoms with Crippen LogP contribution in [-0.4, -0.2) is 117 Å². The molecule has 0 aliphatic carbocycles. The SMILES string of the molecule is C=CCOC(=O)N1c2cc(OCCCCCOc3cc4c(cc3OC)C(=O)N3C=C(C)C[C@H]3[C@H](C)N4C(=O)OCc3ccc(CNC(C)C(=O)N[C@H](C(C)=O)C(C)C)cc3)c(C)cc2C(=O)N2C=C(C)C[C@H]2[C@@H]1O[Si](C)(C)C(C)(C)C. The highest BCUT2D eigenvalue weighted by atomic mass is 28.4. The smallest absolute Gasteiger partial charge is 0.416 e. The fourth-order valence-corrected chi connectivity index (χ4v) is 11.7. The third-order valence-electron chi connectivity index (χ3n) is 16.1. The molecule has 81 heavy (non-hydrogen) atoms. The van der Waals surface area contributed by atoms with Gasteiger partial charge in [-0.2, -0.15) is 0 Å². The monoisotopic (exact) mass is 1130 g/mol. The summed E-state index contributed by atoms with van der Waals surface area (Å²) in [6.07, 6.45) is 6.21. The third kappa shape index (κ3) is 13.9. The van der Waals surface area contributed by atoms with E-state index in [0.717, 1.165) is 27.8 Å². The van der Waals surface area contributed by atoms with Gasteiger partial charge in [-0.1, -0.05) is 82.7 Å². The first-order valence-corrected chi connectivity index (χ1v) is 31.1. The van der Waals surface area contributed by atoms with E-state index in [2.05, 4.69) is 51.1 Å². The first kappa shape index (κ1) is 61.7. The van der Waals surface area contributed by atoms with Crippen molar-refractivity contribution in [2.45, 2.75) is 176 Å². The second kappa shape index (κ2) is 25.9. The van der Waals surface area contributed by atoms with Crippen molar-refractivity contribution in [1.29, 1.82) is 0 Å². The normalized spacial score (nSPS) is 19.5. The van der Waals surface area contributed by atoms with Crippen molar-refractivity contribution in [3.63, 3.8) is 0 Å². The average molecular weight is 1130 g/mol. The molecule has 18 nitrogen and oxygen atoms in total. The summed E-state index contributed by atoms with van der Waals surface area (Å²) in [5.74, 6) is 0.353. The summed E-state index contributed by atoms with van der Waals surface area (Å²) >= 11 is 0. The topological polar surface area (TPSA) is 195 Å². The molecule has 4 heterocycles. The van der Waals surface area contributed by atoms with Crippen molar-refractivity contribution in [3.05, 3.63) is 113 Å². The van der Waals surface area contributed by atoms with Gasteiger partial charge >= 0.3 is 12.2 Å². The van der Waals surface area contributed by atoms with Crippen molar-refractivity contribution in [3.8, 4) is 17.2 Å². The lowest BCUT2D eigenvalue weighted by molar-refractivity contribution is -0.128. The minimum absolute atomic E-state index is 0.0217. The van der Waals surface area contributed by atoms with Crippen molar-refractivity contribution in [1.82, 2.24) is 20.4 Å². The maximum absolute atomic E-state index is 14.4.